The zero-order chi connectivity index (χ0) is 14.0. The van der Waals surface area contributed by atoms with Gasteiger partial charge in [0.25, 0.3) is 0 Å². The maximum absolute atomic E-state index is 10.9. The number of ether oxygens (including phenoxy) is 1. The fourth-order valence-corrected chi connectivity index (χ4v) is 2.29. The van der Waals surface area contributed by atoms with Crippen LogP contribution in [0.3, 0.4) is 0 Å². The molecule has 1 aromatic heterocycles. The Hall–Kier alpha value is -1.71. The van der Waals surface area contributed by atoms with E-state index in [1.807, 2.05) is 27.0 Å². The lowest BCUT2D eigenvalue weighted by atomic mass is 9.99. The SMILES string of the molecule is CN=C(c1c(C)cc(OCC(C)=O)nc1C)C1CC1. The van der Waals surface area contributed by atoms with E-state index in [9.17, 15) is 4.79 Å². The van der Waals surface area contributed by atoms with Crippen LogP contribution >= 0.6 is 0 Å². The van der Waals surface area contributed by atoms with Gasteiger partial charge in [0.05, 0.1) is 5.69 Å². The lowest BCUT2D eigenvalue weighted by molar-refractivity contribution is -0.119. The van der Waals surface area contributed by atoms with E-state index in [-0.39, 0.29) is 12.4 Å². The standard InChI is InChI=1S/C15H20N2O2/c1-9-7-13(19-8-10(2)18)17-11(3)14(9)15(16-4)12-5-6-12/h7,12H,5-6,8H2,1-4H3. The van der Waals surface area contributed by atoms with Crippen LogP contribution in [0.2, 0.25) is 0 Å². The van der Waals surface area contributed by atoms with Gasteiger partial charge < -0.3 is 4.74 Å². The largest absolute Gasteiger partial charge is 0.470 e. The molecule has 4 heteroatoms. The van der Waals surface area contributed by atoms with Crippen molar-refractivity contribution < 1.29 is 9.53 Å². The molecule has 0 amide bonds. The van der Waals surface area contributed by atoms with E-state index in [4.69, 9.17) is 4.74 Å². The molecule has 0 bridgehead atoms. The minimum atomic E-state index is -0.00465. The van der Waals surface area contributed by atoms with Gasteiger partial charge in [-0.3, -0.25) is 9.79 Å². The van der Waals surface area contributed by atoms with Crippen LogP contribution in [-0.2, 0) is 4.79 Å². The lowest BCUT2D eigenvalue weighted by Gasteiger charge is -2.13. The van der Waals surface area contributed by atoms with Gasteiger partial charge in [-0.1, -0.05) is 0 Å². The Bertz CT molecular complexity index is 508. The van der Waals surface area contributed by atoms with Gasteiger partial charge >= 0.3 is 0 Å². The highest BCUT2D eigenvalue weighted by Crippen LogP contribution is 2.35. The molecule has 4 nitrogen and oxygen atoms in total. The summed E-state index contributed by atoms with van der Waals surface area (Å²) in [6, 6.07) is 1.89. The number of pyridine rings is 1. The Morgan fingerprint density at radius 1 is 1.47 bits per heavy atom. The van der Waals surface area contributed by atoms with E-state index in [1.54, 1.807) is 0 Å². The molecular formula is C15H20N2O2. The van der Waals surface area contributed by atoms with Crippen molar-refractivity contribution in [2.24, 2.45) is 10.9 Å². The number of aryl methyl sites for hydroxylation is 2. The molecule has 2 rings (SSSR count). The second-order valence-electron chi connectivity index (χ2n) is 5.11. The summed E-state index contributed by atoms with van der Waals surface area (Å²) in [6.45, 7) is 5.58. The number of carbonyl (C=O) groups is 1. The molecule has 0 saturated heterocycles. The summed E-state index contributed by atoms with van der Waals surface area (Å²) in [7, 11) is 1.84. The second kappa shape index (κ2) is 5.51. The first kappa shape index (κ1) is 13.7. The summed E-state index contributed by atoms with van der Waals surface area (Å²) in [5.74, 6) is 1.10. The monoisotopic (exact) mass is 260 g/mol. The third-order valence-corrected chi connectivity index (χ3v) is 3.26. The first-order valence-corrected chi connectivity index (χ1v) is 6.60. The Balaban J connectivity index is 2.28. The number of rotatable bonds is 5. The third-order valence-electron chi connectivity index (χ3n) is 3.26. The molecule has 0 radical (unpaired) electrons. The molecule has 0 unspecified atom stereocenters. The van der Waals surface area contributed by atoms with Crippen LogP contribution in [-0.4, -0.2) is 30.1 Å². The zero-order valence-corrected chi connectivity index (χ0v) is 12.0. The van der Waals surface area contributed by atoms with Gasteiger partial charge in [-0.2, -0.15) is 0 Å². The minimum absolute atomic E-state index is 0.00465. The molecule has 0 atom stereocenters. The van der Waals surface area contributed by atoms with Crippen molar-refractivity contribution in [2.75, 3.05) is 13.7 Å². The Labute approximate surface area is 113 Å². The van der Waals surface area contributed by atoms with Crippen molar-refractivity contribution >= 4 is 11.5 Å². The molecule has 0 spiro atoms. The summed E-state index contributed by atoms with van der Waals surface area (Å²) >= 11 is 0. The Morgan fingerprint density at radius 3 is 2.63 bits per heavy atom. The van der Waals surface area contributed by atoms with Gasteiger partial charge in [-0.05, 0) is 39.2 Å². The number of carbonyl (C=O) groups excluding carboxylic acids is 1. The van der Waals surface area contributed by atoms with Crippen LogP contribution in [0, 0.1) is 19.8 Å². The van der Waals surface area contributed by atoms with E-state index < -0.39 is 0 Å². The molecular weight excluding hydrogens is 240 g/mol. The molecule has 1 aromatic rings. The van der Waals surface area contributed by atoms with Crippen molar-refractivity contribution in [3.63, 3.8) is 0 Å². The minimum Gasteiger partial charge on any atom is -0.470 e. The van der Waals surface area contributed by atoms with Crippen LogP contribution in [0.5, 0.6) is 5.88 Å². The van der Waals surface area contributed by atoms with Gasteiger partial charge in [-0.25, -0.2) is 4.98 Å². The van der Waals surface area contributed by atoms with Gasteiger partial charge in [0, 0.05) is 30.3 Å². The molecule has 0 N–H and O–H groups in total. The summed E-state index contributed by atoms with van der Waals surface area (Å²) < 4.78 is 5.37. The molecule has 1 fully saturated rings. The fourth-order valence-electron chi connectivity index (χ4n) is 2.29. The van der Waals surface area contributed by atoms with E-state index in [1.165, 1.54) is 19.8 Å². The number of hydrogen-bond acceptors (Lipinski definition) is 4. The molecule has 102 valence electrons. The molecule has 1 saturated carbocycles. The van der Waals surface area contributed by atoms with Gasteiger partial charge in [0.1, 0.15) is 6.61 Å². The van der Waals surface area contributed by atoms with E-state index in [0.29, 0.717) is 11.8 Å². The van der Waals surface area contributed by atoms with Crippen LogP contribution < -0.4 is 4.74 Å². The van der Waals surface area contributed by atoms with Gasteiger partial charge in [0.2, 0.25) is 5.88 Å². The number of Topliss-reactive ketones (excluding diaryl/α,β-unsaturated/α-hetero) is 1. The maximum Gasteiger partial charge on any atom is 0.214 e. The normalized spacial score (nSPS) is 15.5. The zero-order valence-electron chi connectivity index (χ0n) is 12.0. The topological polar surface area (TPSA) is 51.5 Å². The van der Waals surface area contributed by atoms with Crippen molar-refractivity contribution in [1.82, 2.24) is 4.98 Å². The summed E-state index contributed by atoms with van der Waals surface area (Å²) in [5, 5.41) is 0. The van der Waals surface area contributed by atoms with Crippen LogP contribution in [0.4, 0.5) is 0 Å². The molecule has 1 heterocycles. The van der Waals surface area contributed by atoms with Crippen LogP contribution in [0.1, 0.15) is 36.6 Å². The molecule has 19 heavy (non-hydrogen) atoms. The molecule has 0 aromatic carbocycles. The predicted molar refractivity (Wildman–Crippen MR) is 75.1 cm³/mol. The van der Waals surface area contributed by atoms with Crippen molar-refractivity contribution in [2.45, 2.75) is 33.6 Å². The predicted octanol–water partition coefficient (Wildman–Crippen LogP) is 2.50. The average molecular weight is 260 g/mol. The van der Waals surface area contributed by atoms with E-state index >= 15 is 0 Å². The number of aromatic nitrogens is 1. The summed E-state index contributed by atoms with van der Waals surface area (Å²) in [5.41, 5.74) is 4.32. The first-order valence-electron chi connectivity index (χ1n) is 6.60. The van der Waals surface area contributed by atoms with Crippen LogP contribution in [0.25, 0.3) is 0 Å². The van der Waals surface area contributed by atoms with Crippen molar-refractivity contribution in [1.29, 1.82) is 0 Å². The summed E-state index contributed by atoms with van der Waals surface area (Å²) in [4.78, 5) is 19.8. The van der Waals surface area contributed by atoms with Crippen LogP contribution in [0.15, 0.2) is 11.1 Å². The van der Waals surface area contributed by atoms with Gasteiger partial charge in [-0.15, -0.1) is 0 Å². The van der Waals surface area contributed by atoms with Crippen molar-refractivity contribution in [3.05, 3.63) is 22.9 Å². The highest BCUT2D eigenvalue weighted by molar-refractivity contribution is 6.05. The average Bonchev–Trinajstić information content (AvgIpc) is 3.15. The van der Waals surface area contributed by atoms with Crippen molar-refractivity contribution in [3.8, 4) is 5.88 Å². The highest BCUT2D eigenvalue weighted by atomic mass is 16.5. The number of ketones is 1. The number of aliphatic imine (C=N–C) groups is 1. The van der Waals surface area contributed by atoms with Gasteiger partial charge in [0.15, 0.2) is 5.78 Å². The van der Waals surface area contributed by atoms with E-state index in [0.717, 1.165) is 22.5 Å². The second-order valence-corrected chi connectivity index (χ2v) is 5.11. The Morgan fingerprint density at radius 2 is 2.16 bits per heavy atom. The lowest BCUT2D eigenvalue weighted by Crippen LogP contribution is -2.12. The van der Waals surface area contributed by atoms with E-state index in [2.05, 4.69) is 9.98 Å². The highest BCUT2D eigenvalue weighted by Gasteiger charge is 2.30. The first-order chi connectivity index (χ1) is 9.02. The number of hydrogen-bond donors (Lipinski definition) is 0. The molecule has 1 aliphatic carbocycles. The maximum atomic E-state index is 10.9. The quantitative estimate of drug-likeness (QED) is 0.764. The molecule has 1 aliphatic rings. The molecule has 0 aliphatic heterocycles. The third kappa shape index (κ3) is 3.19. The summed E-state index contributed by atoms with van der Waals surface area (Å²) in [6.07, 6.45) is 2.43. The smallest absolute Gasteiger partial charge is 0.214 e. The Kier molecular flexibility index (Phi) is 3.98. The number of nitrogens with zero attached hydrogens (tertiary/aromatic N) is 2. The fraction of sp³-hybridized carbons (Fsp3) is 0.533.